The molecule has 1 atom stereocenters. The monoisotopic (exact) mass is 358 g/mol. The van der Waals surface area contributed by atoms with Crippen LogP contribution in [0.15, 0.2) is 54.9 Å². The van der Waals surface area contributed by atoms with Crippen LogP contribution in [0.25, 0.3) is 22.4 Å². The first-order valence-corrected chi connectivity index (χ1v) is 8.93. The van der Waals surface area contributed by atoms with Crippen LogP contribution in [0, 0.1) is 6.92 Å². The summed E-state index contributed by atoms with van der Waals surface area (Å²) in [5, 5.41) is 0.550. The zero-order valence-electron chi connectivity index (χ0n) is 12.9. The summed E-state index contributed by atoms with van der Waals surface area (Å²) in [6.45, 7) is 1.93. The highest BCUT2D eigenvalue weighted by molar-refractivity contribution is 7.78. The summed E-state index contributed by atoms with van der Waals surface area (Å²) in [6, 6.07) is 13.3. The lowest BCUT2D eigenvalue weighted by molar-refractivity contribution is 0.563. The maximum atomic E-state index is 10.9. The van der Waals surface area contributed by atoms with Crippen molar-refractivity contribution in [3.8, 4) is 22.4 Å². The molecule has 0 radical (unpaired) electrons. The van der Waals surface area contributed by atoms with Gasteiger partial charge in [0.05, 0.1) is 16.5 Å². The van der Waals surface area contributed by atoms with Crippen LogP contribution in [0.2, 0.25) is 5.02 Å². The first-order chi connectivity index (χ1) is 11.5. The highest BCUT2D eigenvalue weighted by atomic mass is 35.5. The van der Waals surface area contributed by atoms with Crippen LogP contribution >= 0.6 is 11.6 Å². The highest BCUT2D eigenvalue weighted by Crippen LogP contribution is 2.32. The lowest BCUT2D eigenvalue weighted by Gasteiger charge is -2.10. The van der Waals surface area contributed by atoms with Gasteiger partial charge in [-0.25, -0.2) is 4.21 Å². The molecule has 0 spiro atoms. The van der Waals surface area contributed by atoms with Gasteiger partial charge in [-0.3, -0.25) is 9.97 Å². The summed E-state index contributed by atoms with van der Waals surface area (Å²) < 4.78 is 19.9. The second kappa shape index (κ2) is 7.21. The molecule has 3 aromatic rings. The quantitative estimate of drug-likeness (QED) is 0.698. The lowest BCUT2D eigenvalue weighted by atomic mass is 9.99. The molecule has 0 aliphatic heterocycles. The van der Waals surface area contributed by atoms with Crippen molar-refractivity contribution in [1.29, 1.82) is 0 Å². The Kier molecular flexibility index (Phi) is 5.04. The predicted molar refractivity (Wildman–Crippen MR) is 97.1 cm³/mol. The van der Waals surface area contributed by atoms with E-state index in [2.05, 4.69) is 9.97 Å². The molecule has 0 fully saturated rings. The van der Waals surface area contributed by atoms with E-state index >= 15 is 0 Å². The Morgan fingerprint density at radius 2 is 1.75 bits per heavy atom. The Labute approximate surface area is 147 Å². The Hall–Kier alpha value is -2.08. The molecule has 3 rings (SSSR count). The zero-order valence-corrected chi connectivity index (χ0v) is 14.5. The number of halogens is 1. The third-order valence-corrected chi connectivity index (χ3v) is 4.38. The first-order valence-electron chi connectivity index (χ1n) is 7.28. The molecule has 6 heteroatoms. The summed E-state index contributed by atoms with van der Waals surface area (Å²) in [5.74, 6) is 0.114. The van der Waals surface area contributed by atoms with E-state index in [0.717, 1.165) is 33.6 Å². The van der Waals surface area contributed by atoms with Gasteiger partial charge in [0.25, 0.3) is 0 Å². The molecule has 0 aliphatic carbocycles. The van der Waals surface area contributed by atoms with Crippen LogP contribution in [0.5, 0.6) is 0 Å². The standard InChI is InChI=1S/C18H15ClN2O2S/c1-12-2-5-15(9-20-12)18-17(8-16(19)10-21-18)14-6-3-13(4-7-14)11-24(22)23/h2-10H,11H2,1H3,(H,22,23). The number of rotatable bonds is 4. The van der Waals surface area contributed by atoms with Gasteiger partial charge < -0.3 is 4.55 Å². The van der Waals surface area contributed by atoms with Crippen molar-refractivity contribution >= 4 is 22.7 Å². The Bertz CT molecular complexity index is 881. The van der Waals surface area contributed by atoms with Crippen LogP contribution in [0.3, 0.4) is 0 Å². The summed E-state index contributed by atoms with van der Waals surface area (Å²) in [5.41, 5.74) is 5.28. The van der Waals surface area contributed by atoms with Gasteiger partial charge in [-0.1, -0.05) is 35.9 Å². The Morgan fingerprint density at radius 1 is 1.04 bits per heavy atom. The van der Waals surface area contributed by atoms with Crippen molar-refractivity contribution in [2.24, 2.45) is 0 Å². The molecule has 24 heavy (non-hydrogen) atoms. The van der Waals surface area contributed by atoms with Gasteiger partial charge in [-0.2, -0.15) is 0 Å². The van der Waals surface area contributed by atoms with Gasteiger partial charge >= 0.3 is 0 Å². The molecule has 2 aromatic heterocycles. The van der Waals surface area contributed by atoms with Crippen LogP contribution in [-0.2, 0) is 16.8 Å². The topological polar surface area (TPSA) is 63.1 Å². The largest absolute Gasteiger partial charge is 0.306 e. The summed E-state index contributed by atoms with van der Waals surface area (Å²) in [6.07, 6.45) is 3.40. The van der Waals surface area contributed by atoms with E-state index in [4.69, 9.17) is 16.2 Å². The molecule has 1 aromatic carbocycles. The number of aryl methyl sites for hydroxylation is 1. The molecular formula is C18H15ClN2O2S. The molecule has 1 unspecified atom stereocenters. The molecule has 122 valence electrons. The fourth-order valence-electron chi connectivity index (χ4n) is 2.42. The Balaban J connectivity index is 2.05. The summed E-state index contributed by atoms with van der Waals surface area (Å²) >= 11 is 4.28. The fraction of sp³-hybridized carbons (Fsp3) is 0.111. The van der Waals surface area contributed by atoms with E-state index in [9.17, 15) is 4.21 Å². The molecular weight excluding hydrogens is 344 g/mol. The number of benzene rings is 1. The van der Waals surface area contributed by atoms with Crippen molar-refractivity contribution in [1.82, 2.24) is 9.97 Å². The SMILES string of the molecule is Cc1ccc(-c2ncc(Cl)cc2-c2ccc(CS(=O)O)cc2)cn1. The van der Waals surface area contributed by atoms with Gasteiger partial charge in [0.2, 0.25) is 0 Å². The lowest BCUT2D eigenvalue weighted by Crippen LogP contribution is -1.94. The van der Waals surface area contributed by atoms with Crippen LogP contribution < -0.4 is 0 Å². The van der Waals surface area contributed by atoms with E-state index in [1.54, 1.807) is 12.4 Å². The number of hydrogen-bond acceptors (Lipinski definition) is 3. The molecule has 0 aliphatic rings. The first kappa shape index (κ1) is 16.8. The number of aromatic nitrogens is 2. The molecule has 1 N–H and O–H groups in total. The molecule has 4 nitrogen and oxygen atoms in total. The van der Waals surface area contributed by atoms with E-state index in [1.807, 2.05) is 49.4 Å². The van der Waals surface area contributed by atoms with Crippen LogP contribution in [0.1, 0.15) is 11.3 Å². The highest BCUT2D eigenvalue weighted by Gasteiger charge is 2.11. The van der Waals surface area contributed by atoms with Crippen molar-refractivity contribution < 1.29 is 8.76 Å². The third kappa shape index (κ3) is 3.87. The van der Waals surface area contributed by atoms with Crippen molar-refractivity contribution in [3.63, 3.8) is 0 Å². The minimum atomic E-state index is -1.85. The molecule has 0 bridgehead atoms. The van der Waals surface area contributed by atoms with E-state index in [-0.39, 0.29) is 5.75 Å². The third-order valence-electron chi connectivity index (χ3n) is 3.59. The van der Waals surface area contributed by atoms with Gasteiger partial charge in [-0.15, -0.1) is 0 Å². The molecule has 0 amide bonds. The summed E-state index contributed by atoms with van der Waals surface area (Å²) in [7, 11) is 0. The Morgan fingerprint density at radius 3 is 2.38 bits per heavy atom. The smallest absolute Gasteiger partial charge is 0.157 e. The second-order valence-electron chi connectivity index (χ2n) is 5.40. The average Bonchev–Trinajstić information content (AvgIpc) is 2.56. The minimum Gasteiger partial charge on any atom is -0.306 e. The van der Waals surface area contributed by atoms with Gasteiger partial charge in [0, 0.05) is 29.2 Å². The maximum absolute atomic E-state index is 10.9. The summed E-state index contributed by atoms with van der Waals surface area (Å²) in [4.78, 5) is 8.79. The van der Waals surface area contributed by atoms with Crippen molar-refractivity contribution in [2.75, 3.05) is 0 Å². The average molecular weight is 359 g/mol. The molecule has 2 heterocycles. The number of hydrogen-bond donors (Lipinski definition) is 1. The van der Waals surface area contributed by atoms with E-state index in [1.165, 1.54) is 0 Å². The van der Waals surface area contributed by atoms with Crippen LogP contribution in [0.4, 0.5) is 0 Å². The zero-order chi connectivity index (χ0) is 17.1. The van der Waals surface area contributed by atoms with E-state index in [0.29, 0.717) is 5.02 Å². The van der Waals surface area contributed by atoms with Gasteiger partial charge in [-0.05, 0) is 36.2 Å². The predicted octanol–water partition coefficient (Wildman–Crippen LogP) is 4.49. The maximum Gasteiger partial charge on any atom is 0.157 e. The second-order valence-corrected chi connectivity index (χ2v) is 6.77. The fourth-order valence-corrected chi connectivity index (χ4v) is 3.06. The van der Waals surface area contributed by atoms with Gasteiger partial charge in [0.15, 0.2) is 11.1 Å². The van der Waals surface area contributed by atoms with Crippen LogP contribution in [-0.4, -0.2) is 18.7 Å². The molecule has 0 saturated carbocycles. The number of nitrogens with zero attached hydrogens (tertiary/aromatic N) is 2. The normalized spacial score (nSPS) is 12.1. The van der Waals surface area contributed by atoms with Crippen molar-refractivity contribution in [3.05, 3.63) is 71.1 Å². The van der Waals surface area contributed by atoms with Gasteiger partial charge in [0.1, 0.15) is 0 Å². The molecule has 0 saturated heterocycles. The minimum absolute atomic E-state index is 0.114. The van der Waals surface area contributed by atoms with E-state index < -0.39 is 11.1 Å². The number of pyridine rings is 2. The van der Waals surface area contributed by atoms with Crippen molar-refractivity contribution in [2.45, 2.75) is 12.7 Å².